The predicted octanol–water partition coefficient (Wildman–Crippen LogP) is 3.17. The van der Waals surface area contributed by atoms with Crippen molar-refractivity contribution >= 4 is 33.8 Å². The number of hydrogen-bond donors (Lipinski definition) is 1. The summed E-state index contributed by atoms with van der Waals surface area (Å²) in [6.45, 7) is 2.00. The van der Waals surface area contributed by atoms with E-state index < -0.39 is 5.97 Å². The molecule has 3 aromatic rings. The minimum absolute atomic E-state index is 0.185. The third-order valence-corrected chi connectivity index (χ3v) is 3.91. The molecule has 2 aromatic heterocycles. The van der Waals surface area contributed by atoms with E-state index in [9.17, 15) is 9.90 Å². The average Bonchev–Trinajstić information content (AvgIpc) is 2.96. The maximum absolute atomic E-state index is 11.5. The molecule has 0 spiro atoms. The molecule has 0 bridgehead atoms. The molecular weight excluding hydrogens is 274 g/mol. The van der Waals surface area contributed by atoms with Crippen LogP contribution < -0.4 is 4.90 Å². The van der Waals surface area contributed by atoms with E-state index in [0.29, 0.717) is 10.8 Å². The van der Waals surface area contributed by atoms with E-state index in [4.69, 9.17) is 0 Å². The molecule has 0 aliphatic carbocycles. The quantitative estimate of drug-likeness (QED) is 0.804. The van der Waals surface area contributed by atoms with Crippen molar-refractivity contribution in [3.05, 3.63) is 47.1 Å². The molecule has 0 amide bonds. The van der Waals surface area contributed by atoms with Crippen molar-refractivity contribution in [2.45, 2.75) is 6.92 Å². The first-order valence-electron chi connectivity index (χ1n) is 6.07. The van der Waals surface area contributed by atoms with E-state index in [-0.39, 0.29) is 5.69 Å². The average molecular weight is 287 g/mol. The van der Waals surface area contributed by atoms with Gasteiger partial charge in [0.25, 0.3) is 0 Å². The van der Waals surface area contributed by atoms with Crippen molar-refractivity contribution in [2.24, 2.45) is 0 Å². The first-order chi connectivity index (χ1) is 9.58. The number of anilines is 2. The summed E-state index contributed by atoms with van der Waals surface area (Å²) >= 11 is 1.42. The second kappa shape index (κ2) is 4.64. The van der Waals surface area contributed by atoms with Gasteiger partial charge in [-0.2, -0.15) is 0 Å². The zero-order valence-corrected chi connectivity index (χ0v) is 11.9. The normalized spacial score (nSPS) is 10.9. The highest BCUT2D eigenvalue weighted by Gasteiger charge is 2.22. The van der Waals surface area contributed by atoms with E-state index in [1.807, 2.05) is 43.6 Å². The van der Waals surface area contributed by atoms with Crippen LogP contribution in [0.15, 0.2) is 35.8 Å². The van der Waals surface area contributed by atoms with Crippen molar-refractivity contribution in [2.75, 3.05) is 11.9 Å². The maximum atomic E-state index is 11.5. The van der Waals surface area contributed by atoms with E-state index in [2.05, 4.69) is 4.98 Å². The van der Waals surface area contributed by atoms with Crippen LogP contribution in [0.1, 0.15) is 16.1 Å². The topological polar surface area (TPSA) is 57.8 Å². The lowest BCUT2D eigenvalue weighted by Gasteiger charge is -2.17. The van der Waals surface area contributed by atoms with Gasteiger partial charge in [-0.1, -0.05) is 12.1 Å². The highest BCUT2D eigenvalue weighted by Crippen LogP contribution is 2.29. The first-order valence-corrected chi connectivity index (χ1v) is 6.95. The molecule has 1 aromatic carbocycles. The summed E-state index contributed by atoms with van der Waals surface area (Å²) < 4.78 is 1.61. The van der Waals surface area contributed by atoms with Crippen LogP contribution in [-0.4, -0.2) is 27.5 Å². The summed E-state index contributed by atoms with van der Waals surface area (Å²) in [5.41, 5.74) is 2.22. The van der Waals surface area contributed by atoms with Gasteiger partial charge < -0.3 is 10.0 Å². The van der Waals surface area contributed by atoms with Crippen LogP contribution in [0, 0.1) is 6.92 Å². The van der Waals surface area contributed by atoms with Crippen LogP contribution in [-0.2, 0) is 0 Å². The second-order valence-electron chi connectivity index (χ2n) is 4.54. The summed E-state index contributed by atoms with van der Waals surface area (Å²) in [5.74, 6) is -0.527. The lowest BCUT2D eigenvalue weighted by Crippen LogP contribution is -2.14. The Balaban J connectivity index is 2.16. The number of carboxylic acid groups (broad SMARTS) is 1. The van der Waals surface area contributed by atoms with Gasteiger partial charge in [-0.25, -0.2) is 9.78 Å². The lowest BCUT2D eigenvalue weighted by atomic mass is 10.2. The largest absolute Gasteiger partial charge is 0.476 e. The van der Waals surface area contributed by atoms with Crippen molar-refractivity contribution in [3.8, 4) is 0 Å². The summed E-state index contributed by atoms with van der Waals surface area (Å²) in [5, 5.41) is 11.3. The maximum Gasteiger partial charge on any atom is 0.356 e. The molecule has 0 aliphatic rings. The van der Waals surface area contributed by atoms with E-state index in [1.165, 1.54) is 11.3 Å². The third kappa shape index (κ3) is 1.94. The SMILES string of the molecule is Cc1cccc(N(C)c2nc3sccn3c2C(=O)O)c1. The Morgan fingerprint density at radius 2 is 2.25 bits per heavy atom. The molecule has 5 nitrogen and oxygen atoms in total. The Hall–Kier alpha value is -2.34. The zero-order valence-electron chi connectivity index (χ0n) is 11.1. The van der Waals surface area contributed by atoms with Crippen LogP contribution in [0.4, 0.5) is 11.5 Å². The minimum atomic E-state index is -0.981. The molecule has 6 heteroatoms. The highest BCUT2D eigenvalue weighted by atomic mass is 32.1. The van der Waals surface area contributed by atoms with Crippen LogP contribution >= 0.6 is 11.3 Å². The molecule has 0 fully saturated rings. The molecule has 20 heavy (non-hydrogen) atoms. The Kier molecular flexibility index (Phi) is 2.94. The van der Waals surface area contributed by atoms with Gasteiger partial charge in [0.05, 0.1) is 0 Å². The molecule has 3 rings (SSSR count). The van der Waals surface area contributed by atoms with Gasteiger partial charge in [-0.3, -0.25) is 4.40 Å². The molecule has 0 unspecified atom stereocenters. The van der Waals surface area contributed by atoms with Crippen LogP contribution in [0.3, 0.4) is 0 Å². The van der Waals surface area contributed by atoms with Crippen LogP contribution in [0.25, 0.3) is 4.96 Å². The minimum Gasteiger partial charge on any atom is -0.476 e. The predicted molar refractivity (Wildman–Crippen MR) is 79.3 cm³/mol. The highest BCUT2D eigenvalue weighted by molar-refractivity contribution is 7.15. The zero-order chi connectivity index (χ0) is 14.3. The number of thiazole rings is 1. The Morgan fingerprint density at radius 3 is 2.95 bits per heavy atom. The third-order valence-electron chi connectivity index (χ3n) is 3.15. The standard InChI is InChI=1S/C14H13N3O2S/c1-9-4-3-5-10(8-9)16(2)12-11(13(18)19)17-6-7-20-14(17)15-12/h3-8H,1-2H3,(H,18,19). The molecule has 0 saturated carbocycles. The van der Waals surface area contributed by atoms with Crippen LogP contribution in [0.2, 0.25) is 0 Å². The number of carbonyl (C=O) groups is 1. The number of hydrogen-bond acceptors (Lipinski definition) is 4. The Labute approximate surface area is 119 Å². The van der Waals surface area contributed by atoms with E-state index in [1.54, 1.807) is 15.5 Å². The number of rotatable bonds is 3. The molecule has 102 valence electrons. The van der Waals surface area contributed by atoms with Crippen molar-refractivity contribution in [3.63, 3.8) is 0 Å². The summed E-state index contributed by atoms with van der Waals surface area (Å²) in [4.78, 5) is 18.4. The number of nitrogens with zero attached hydrogens (tertiary/aromatic N) is 3. The molecular formula is C14H13N3O2S. The smallest absolute Gasteiger partial charge is 0.356 e. The Bertz CT molecular complexity index is 791. The number of aromatic nitrogens is 2. The van der Waals surface area contributed by atoms with Crippen molar-refractivity contribution in [1.29, 1.82) is 0 Å². The summed E-state index contributed by atoms with van der Waals surface area (Å²) in [6.07, 6.45) is 1.73. The molecule has 0 saturated heterocycles. The van der Waals surface area contributed by atoms with Crippen LogP contribution in [0.5, 0.6) is 0 Å². The van der Waals surface area contributed by atoms with Crippen molar-refractivity contribution in [1.82, 2.24) is 9.38 Å². The van der Waals surface area contributed by atoms with E-state index in [0.717, 1.165) is 11.3 Å². The van der Waals surface area contributed by atoms with Gasteiger partial charge >= 0.3 is 5.97 Å². The number of fused-ring (bicyclic) bond motifs is 1. The summed E-state index contributed by atoms with van der Waals surface area (Å²) in [7, 11) is 1.83. The van der Waals surface area contributed by atoms with Gasteiger partial charge in [-0.05, 0) is 24.6 Å². The monoisotopic (exact) mass is 287 g/mol. The molecule has 0 aliphatic heterocycles. The number of imidazole rings is 1. The lowest BCUT2D eigenvalue weighted by molar-refractivity contribution is 0.0690. The molecule has 2 heterocycles. The molecule has 1 N–H and O–H groups in total. The number of aryl methyl sites for hydroxylation is 1. The summed E-state index contributed by atoms with van der Waals surface area (Å²) in [6, 6.07) is 7.88. The number of carboxylic acids is 1. The van der Waals surface area contributed by atoms with Gasteiger partial charge in [0.1, 0.15) is 0 Å². The molecule has 0 radical (unpaired) electrons. The Morgan fingerprint density at radius 1 is 1.45 bits per heavy atom. The van der Waals surface area contributed by atoms with E-state index >= 15 is 0 Å². The molecule has 0 atom stereocenters. The van der Waals surface area contributed by atoms with Gasteiger partial charge in [0.2, 0.25) is 0 Å². The van der Waals surface area contributed by atoms with Gasteiger partial charge in [0, 0.05) is 24.3 Å². The van der Waals surface area contributed by atoms with Gasteiger partial charge in [0.15, 0.2) is 16.5 Å². The number of benzene rings is 1. The first kappa shape index (κ1) is 12.7. The second-order valence-corrected chi connectivity index (χ2v) is 5.42. The fourth-order valence-electron chi connectivity index (χ4n) is 2.17. The fourth-order valence-corrected chi connectivity index (χ4v) is 2.87. The van der Waals surface area contributed by atoms with Gasteiger partial charge in [-0.15, -0.1) is 11.3 Å². The fraction of sp³-hybridized carbons (Fsp3) is 0.143. The van der Waals surface area contributed by atoms with Crippen molar-refractivity contribution < 1.29 is 9.90 Å². The number of aromatic carboxylic acids is 1.